The molecule has 79 heavy (non-hydrogen) atoms. The molecule has 0 aromatic carbocycles. The minimum atomic E-state index is -4.62. The lowest BCUT2D eigenvalue weighted by atomic mass is 10.0. The first-order valence-electron chi connectivity index (χ1n) is 32.4. The van der Waals surface area contributed by atoms with Gasteiger partial charge in [-0.15, -0.1) is 0 Å². The number of hydrogen-bond acceptors (Lipinski definition) is 6. The number of unbranched alkanes of at least 4 members (excludes halogenated alkanes) is 27. The maximum Gasteiger partial charge on any atom is 0.268 e. The summed E-state index contributed by atoms with van der Waals surface area (Å²) >= 11 is 0. The quantitative estimate of drug-likeness (QED) is 0.0272. The van der Waals surface area contributed by atoms with Crippen LogP contribution in [0.4, 0.5) is 0 Å². The van der Waals surface area contributed by atoms with E-state index in [2.05, 4.69) is 129 Å². The normalized spacial score (nSPS) is 14.6. The van der Waals surface area contributed by atoms with Crippen LogP contribution in [0.1, 0.15) is 264 Å². The Balaban J connectivity index is 4.20. The van der Waals surface area contributed by atoms with Crippen LogP contribution in [0.5, 0.6) is 0 Å². The molecule has 0 rings (SSSR count). The fourth-order valence-corrected chi connectivity index (χ4v) is 9.61. The summed E-state index contributed by atoms with van der Waals surface area (Å²) in [6, 6.07) is -0.915. The van der Waals surface area contributed by atoms with Crippen LogP contribution in [0.2, 0.25) is 0 Å². The van der Waals surface area contributed by atoms with E-state index in [-0.39, 0.29) is 12.5 Å². The molecule has 0 saturated heterocycles. The molecule has 0 bridgehead atoms. The molecule has 1 amide bonds. The number of nitrogens with zero attached hydrogens (tertiary/aromatic N) is 1. The summed E-state index contributed by atoms with van der Waals surface area (Å²) in [6.07, 6.45) is 88.7. The second-order valence-electron chi connectivity index (χ2n) is 22.7. The number of carbonyl (C=O) groups excluding carboxylic acids is 1. The van der Waals surface area contributed by atoms with Gasteiger partial charge in [-0.2, -0.15) is 0 Å². The molecule has 0 aliphatic rings. The van der Waals surface area contributed by atoms with E-state index in [0.29, 0.717) is 17.4 Å². The Morgan fingerprint density at radius 2 is 0.785 bits per heavy atom. The molecule has 9 heteroatoms. The minimum Gasteiger partial charge on any atom is -0.756 e. The van der Waals surface area contributed by atoms with Gasteiger partial charge in [-0.3, -0.25) is 9.36 Å². The Morgan fingerprint density at radius 1 is 0.456 bits per heavy atom. The molecule has 0 fully saturated rings. The Labute approximate surface area is 488 Å². The summed E-state index contributed by atoms with van der Waals surface area (Å²) in [5, 5.41) is 13.9. The predicted octanol–water partition coefficient (Wildman–Crippen LogP) is 19.9. The topological polar surface area (TPSA) is 108 Å². The van der Waals surface area contributed by atoms with Crippen molar-refractivity contribution in [1.82, 2.24) is 5.32 Å². The Kier molecular flexibility index (Phi) is 57.2. The lowest BCUT2D eigenvalue weighted by molar-refractivity contribution is -0.870. The van der Waals surface area contributed by atoms with Crippen LogP contribution < -0.4 is 10.2 Å². The molecule has 0 spiro atoms. The summed E-state index contributed by atoms with van der Waals surface area (Å²) in [5.74, 6) is -0.215. The van der Waals surface area contributed by atoms with Gasteiger partial charge >= 0.3 is 0 Å². The van der Waals surface area contributed by atoms with Crippen LogP contribution in [-0.2, 0) is 18.4 Å². The van der Waals surface area contributed by atoms with Gasteiger partial charge in [0.15, 0.2) is 0 Å². The molecule has 3 atom stereocenters. The maximum atomic E-state index is 13.0. The second kappa shape index (κ2) is 59.5. The van der Waals surface area contributed by atoms with Crippen LogP contribution in [-0.4, -0.2) is 68.5 Å². The van der Waals surface area contributed by atoms with Gasteiger partial charge in [-0.1, -0.05) is 283 Å². The number of likely N-dealkylation sites (N-methyl/N-ethyl adjacent to an activating group) is 1. The largest absolute Gasteiger partial charge is 0.756 e. The summed E-state index contributed by atoms with van der Waals surface area (Å²) in [4.78, 5) is 25.6. The van der Waals surface area contributed by atoms with Crippen molar-refractivity contribution in [2.75, 3.05) is 40.9 Å². The summed E-state index contributed by atoms with van der Waals surface area (Å²) in [7, 11) is 1.23. The SMILES string of the molecule is CC/C=C\C/C=C\C/C=C\C/C=C\C/C=C\C/C=C\C/C=C\C/C=C\CCCCCCCCCCCCC(=O)NC(COP(=O)([O-])OCC[N+](C)(C)C)C(O)/C=C/CC/C=C/CCCCCCCCCCCCCCCCCC. The van der Waals surface area contributed by atoms with Gasteiger partial charge in [0.25, 0.3) is 7.82 Å². The third kappa shape index (κ3) is 62.4. The van der Waals surface area contributed by atoms with Crippen LogP contribution in [0, 0.1) is 0 Å². The Hall–Kier alpha value is -3.10. The highest BCUT2D eigenvalue weighted by atomic mass is 31.2. The molecule has 3 unspecified atom stereocenters. The van der Waals surface area contributed by atoms with Gasteiger partial charge < -0.3 is 28.8 Å². The van der Waals surface area contributed by atoms with Gasteiger partial charge in [0, 0.05) is 6.42 Å². The number of aliphatic hydroxyl groups is 1. The highest BCUT2D eigenvalue weighted by Crippen LogP contribution is 2.38. The monoisotopic (exact) mass is 1120 g/mol. The van der Waals surface area contributed by atoms with Gasteiger partial charge in [-0.05, 0) is 96.3 Å². The summed E-state index contributed by atoms with van der Waals surface area (Å²) in [6.45, 7) is 4.52. The number of phosphoric acid groups is 1. The van der Waals surface area contributed by atoms with E-state index in [1.807, 2.05) is 27.2 Å². The number of aliphatic hydroxyl groups excluding tert-OH is 1. The van der Waals surface area contributed by atoms with E-state index in [1.54, 1.807) is 6.08 Å². The molecule has 0 heterocycles. The second-order valence-corrected chi connectivity index (χ2v) is 24.1. The average Bonchev–Trinajstić information content (AvgIpc) is 3.42. The first kappa shape index (κ1) is 75.9. The molecular formula is C70H123N2O6P. The van der Waals surface area contributed by atoms with E-state index in [1.165, 1.54) is 148 Å². The zero-order valence-corrected chi connectivity index (χ0v) is 52.7. The van der Waals surface area contributed by atoms with Crippen LogP contribution in [0.15, 0.2) is 122 Å². The molecule has 8 nitrogen and oxygen atoms in total. The molecule has 0 aliphatic carbocycles. The number of carbonyl (C=O) groups is 1. The third-order valence-electron chi connectivity index (χ3n) is 13.9. The van der Waals surface area contributed by atoms with E-state index in [4.69, 9.17) is 9.05 Å². The van der Waals surface area contributed by atoms with E-state index in [9.17, 15) is 19.4 Å². The highest BCUT2D eigenvalue weighted by Gasteiger charge is 2.23. The zero-order chi connectivity index (χ0) is 57.7. The number of nitrogens with one attached hydrogen (secondary N) is 1. The van der Waals surface area contributed by atoms with E-state index < -0.39 is 26.6 Å². The number of hydrogen-bond donors (Lipinski definition) is 2. The Morgan fingerprint density at radius 3 is 1.18 bits per heavy atom. The lowest BCUT2D eigenvalue weighted by Crippen LogP contribution is -2.45. The summed E-state index contributed by atoms with van der Waals surface area (Å²) < 4.78 is 23.4. The van der Waals surface area contributed by atoms with Crippen molar-refractivity contribution in [1.29, 1.82) is 0 Å². The van der Waals surface area contributed by atoms with Gasteiger partial charge in [0.05, 0.1) is 39.9 Å². The van der Waals surface area contributed by atoms with E-state index >= 15 is 0 Å². The molecule has 0 aromatic rings. The lowest BCUT2D eigenvalue weighted by Gasteiger charge is -2.29. The fourth-order valence-electron chi connectivity index (χ4n) is 8.89. The highest BCUT2D eigenvalue weighted by molar-refractivity contribution is 7.45. The van der Waals surface area contributed by atoms with Crippen LogP contribution in [0.3, 0.4) is 0 Å². The Bertz CT molecular complexity index is 1700. The van der Waals surface area contributed by atoms with Crippen molar-refractivity contribution in [3.05, 3.63) is 122 Å². The first-order chi connectivity index (χ1) is 38.5. The number of rotatable bonds is 58. The number of phosphoric ester groups is 1. The van der Waals surface area contributed by atoms with Crippen LogP contribution in [0.25, 0.3) is 0 Å². The molecule has 0 aromatic heterocycles. The molecule has 454 valence electrons. The standard InChI is InChI=1S/C70H123N2O6P/c1-6-8-10-12-14-16-18-20-22-24-26-28-30-31-32-33-34-35-36-37-38-39-40-41-42-44-46-48-50-52-54-56-58-60-62-64-70(74)71-68(67-78-79(75,76)77-66-65-72(3,4)5)69(73)63-61-59-57-55-53-51-49-47-45-43-29-27-25-23-21-19-17-15-13-11-9-7-2/h8,10,14,16,20,22,26,28,31-32,34-35,37-38,40-41,53,55,61,63,68-69,73H,6-7,9,11-13,15,17-19,21,23-25,27,29-30,33,36,39,42-52,54,56-60,62,64-67H2,1-5H3,(H-,71,74,75,76)/b10-8-,16-14-,22-20-,28-26-,32-31-,35-34-,38-37-,41-40-,55-53+,63-61+. The maximum absolute atomic E-state index is 13.0. The van der Waals surface area contributed by atoms with Crippen molar-refractivity contribution in [2.45, 2.75) is 276 Å². The van der Waals surface area contributed by atoms with Crippen molar-refractivity contribution >= 4 is 13.7 Å². The minimum absolute atomic E-state index is 0.0125. The number of allylic oxidation sites excluding steroid dienone is 19. The predicted molar refractivity (Wildman–Crippen MR) is 343 cm³/mol. The average molecular weight is 1120 g/mol. The van der Waals surface area contributed by atoms with Gasteiger partial charge in [0.2, 0.25) is 5.91 Å². The van der Waals surface area contributed by atoms with Gasteiger partial charge in [-0.25, -0.2) is 0 Å². The molecule has 0 aliphatic heterocycles. The zero-order valence-electron chi connectivity index (χ0n) is 51.8. The molecule has 0 saturated carbocycles. The number of amides is 1. The smallest absolute Gasteiger partial charge is 0.268 e. The van der Waals surface area contributed by atoms with Crippen molar-refractivity contribution in [3.63, 3.8) is 0 Å². The first-order valence-corrected chi connectivity index (χ1v) is 33.9. The molecular weight excluding hydrogens is 996 g/mol. The fraction of sp³-hybridized carbons (Fsp3) is 0.700. The third-order valence-corrected chi connectivity index (χ3v) is 14.9. The van der Waals surface area contributed by atoms with Crippen molar-refractivity contribution in [3.8, 4) is 0 Å². The molecule has 0 radical (unpaired) electrons. The van der Waals surface area contributed by atoms with Gasteiger partial charge in [0.1, 0.15) is 13.2 Å². The van der Waals surface area contributed by atoms with Crippen molar-refractivity contribution < 1.29 is 32.9 Å². The molecule has 2 N–H and O–H groups in total. The van der Waals surface area contributed by atoms with E-state index in [0.717, 1.165) is 96.3 Å². The van der Waals surface area contributed by atoms with Crippen molar-refractivity contribution in [2.24, 2.45) is 0 Å². The van der Waals surface area contributed by atoms with Crippen LogP contribution >= 0.6 is 7.82 Å². The summed E-state index contributed by atoms with van der Waals surface area (Å²) in [5.41, 5.74) is 0. The number of quaternary nitrogens is 1.